The van der Waals surface area contributed by atoms with Crippen LogP contribution in [0.1, 0.15) is 63.6 Å². The van der Waals surface area contributed by atoms with Crippen LogP contribution in [0, 0.1) is 12.9 Å². The lowest BCUT2D eigenvalue weighted by atomic mass is 10.1. The molecule has 2 fully saturated rings. The van der Waals surface area contributed by atoms with E-state index >= 15 is 0 Å². The zero-order valence-corrected chi connectivity index (χ0v) is 19.1. The third-order valence-corrected chi connectivity index (χ3v) is 5.82. The van der Waals surface area contributed by atoms with Crippen LogP contribution in [0.25, 0.3) is 17.0 Å². The predicted octanol–water partition coefficient (Wildman–Crippen LogP) is 3.84. The second-order valence-electron chi connectivity index (χ2n) is 9.83. The lowest BCUT2D eigenvalue weighted by Gasteiger charge is -2.21. The fourth-order valence-corrected chi connectivity index (χ4v) is 4.20. The zero-order valence-electron chi connectivity index (χ0n) is 19.1. The van der Waals surface area contributed by atoms with Crippen molar-refractivity contribution in [3.8, 4) is 0 Å². The molecule has 2 aromatic heterocycles. The Labute approximate surface area is 187 Å². The van der Waals surface area contributed by atoms with Crippen LogP contribution in [0.15, 0.2) is 23.3 Å². The fraction of sp³-hybridized carbons (Fsp3) is 0.542. The number of aryl methyl sites for hydroxylation is 1. The van der Waals surface area contributed by atoms with Crippen molar-refractivity contribution in [3.63, 3.8) is 0 Å². The zero-order chi connectivity index (χ0) is 23.0. The standard InChI is InChI=1S/C24H31FN4O3/c1-14-13-29(17-8-9-17)20-18(22(25)27-12-19(20)21(14)30)7-5-6-15-10-16(11-26-15)28-23(31)32-24(2,3)4/h5,7,12-13,15-17,26H,6,8-11H2,1-4H3,(H,28,31). The molecule has 1 saturated carbocycles. The minimum absolute atomic E-state index is 0.0118. The molecule has 4 rings (SSSR count). The maximum absolute atomic E-state index is 14.7. The van der Waals surface area contributed by atoms with Crippen LogP contribution in [0.3, 0.4) is 0 Å². The van der Waals surface area contributed by atoms with E-state index < -0.39 is 17.6 Å². The molecule has 2 N–H and O–H groups in total. The molecule has 3 heterocycles. The van der Waals surface area contributed by atoms with Gasteiger partial charge in [-0.3, -0.25) is 4.79 Å². The van der Waals surface area contributed by atoms with Crippen LogP contribution in [0.4, 0.5) is 9.18 Å². The van der Waals surface area contributed by atoms with E-state index in [0.717, 1.165) is 19.3 Å². The van der Waals surface area contributed by atoms with Gasteiger partial charge in [0.15, 0.2) is 5.43 Å². The van der Waals surface area contributed by atoms with Gasteiger partial charge in [-0.2, -0.15) is 4.39 Å². The van der Waals surface area contributed by atoms with Gasteiger partial charge in [-0.1, -0.05) is 12.2 Å². The molecule has 1 aliphatic heterocycles. The van der Waals surface area contributed by atoms with E-state index in [0.29, 0.717) is 41.0 Å². The number of hydrogen-bond acceptors (Lipinski definition) is 5. The van der Waals surface area contributed by atoms with E-state index in [-0.39, 0.29) is 17.5 Å². The van der Waals surface area contributed by atoms with E-state index in [1.807, 2.05) is 37.6 Å². The topological polar surface area (TPSA) is 85.2 Å². The molecule has 32 heavy (non-hydrogen) atoms. The van der Waals surface area contributed by atoms with E-state index in [1.54, 1.807) is 13.0 Å². The lowest BCUT2D eigenvalue weighted by molar-refractivity contribution is 0.0508. The maximum atomic E-state index is 14.7. The highest BCUT2D eigenvalue weighted by molar-refractivity contribution is 5.87. The van der Waals surface area contributed by atoms with E-state index in [1.165, 1.54) is 6.20 Å². The van der Waals surface area contributed by atoms with Gasteiger partial charge in [0.2, 0.25) is 5.95 Å². The van der Waals surface area contributed by atoms with Gasteiger partial charge >= 0.3 is 6.09 Å². The van der Waals surface area contributed by atoms with Gasteiger partial charge in [0, 0.05) is 42.6 Å². The number of aromatic nitrogens is 2. The quantitative estimate of drug-likeness (QED) is 0.688. The van der Waals surface area contributed by atoms with Crippen molar-refractivity contribution in [1.29, 1.82) is 0 Å². The predicted molar refractivity (Wildman–Crippen MR) is 122 cm³/mol. The maximum Gasteiger partial charge on any atom is 0.407 e. The Morgan fingerprint density at radius 3 is 2.84 bits per heavy atom. The number of nitrogens with one attached hydrogen (secondary N) is 2. The molecule has 7 nitrogen and oxygen atoms in total. The number of halogens is 1. The first-order valence-electron chi connectivity index (χ1n) is 11.2. The molecule has 8 heteroatoms. The van der Waals surface area contributed by atoms with Crippen molar-refractivity contribution in [2.24, 2.45) is 0 Å². The molecular formula is C24H31FN4O3. The average molecular weight is 443 g/mol. The summed E-state index contributed by atoms with van der Waals surface area (Å²) in [4.78, 5) is 28.4. The van der Waals surface area contributed by atoms with Crippen LogP contribution in [-0.2, 0) is 4.74 Å². The largest absolute Gasteiger partial charge is 0.444 e. The lowest BCUT2D eigenvalue weighted by Crippen LogP contribution is -2.40. The molecule has 0 spiro atoms. The number of rotatable bonds is 5. The first kappa shape index (κ1) is 22.5. The Morgan fingerprint density at radius 1 is 1.41 bits per heavy atom. The van der Waals surface area contributed by atoms with Gasteiger partial charge in [0.1, 0.15) is 5.60 Å². The molecule has 1 aliphatic carbocycles. The molecule has 2 unspecified atom stereocenters. The van der Waals surface area contributed by atoms with Gasteiger partial charge in [0.25, 0.3) is 0 Å². The number of nitrogens with zero attached hydrogens (tertiary/aromatic N) is 2. The van der Waals surface area contributed by atoms with Crippen molar-refractivity contribution in [3.05, 3.63) is 45.8 Å². The van der Waals surface area contributed by atoms with Gasteiger partial charge in [-0.15, -0.1) is 0 Å². The van der Waals surface area contributed by atoms with Crippen LogP contribution in [0.2, 0.25) is 0 Å². The van der Waals surface area contributed by atoms with E-state index in [4.69, 9.17) is 4.74 Å². The smallest absolute Gasteiger partial charge is 0.407 e. The summed E-state index contributed by atoms with van der Waals surface area (Å²) in [5, 5.41) is 6.73. The third kappa shape index (κ3) is 5.01. The Morgan fingerprint density at radius 2 is 2.16 bits per heavy atom. The van der Waals surface area contributed by atoms with E-state index in [2.05, 4.69) is 15.6 Å². The van der Waals surface area contributed by atoms with Crippen molar-refractivity contribution < 1.29 is 13.9 Å². The molecule has 1 amide bonds. The number of carbonyl (C=O) groups is 1. The molecule has 1 saturated heterocycles. The average Bonchev–Trinajstić information content (AvgIpc) is 3.45. The first-order chi connectivity index (χ1) is 15.1. The highest BCUT2D eigenvalue weighted by Gasteiger charge is 2.28. The van der Waals surface area contributed by atoms with Crippen LogP contribution >= 0.6 is 0 Å². The number of fused-ring (bicyclic) bond motifs is 1. The van der Waals surface area contributed by atoms with Gasteiger partial charge in [-0.05, 0) is 53.4 Å². The first-order valence-corrected chi connectivity index (χ1v) is 11.2. The Hall–Kier alpha value is -2.74. The third-order valence-electron chi connectivity index (χ3n) is 5.82. The van der Waals surface area contributed by atoms with Crippen molar-refractivity contribution >= 4 is 23.1 Å². The monoisotopic (exact) mass is 442 g/mol. The van der Waals surface area contributed by atoms with Crippen LogP contribution in [-0.4, -0.2) is 39.9 Å². The molecule has 172 valence electrons. The summed E-state index contributed by atoms with van der Waals surface area (Å²) in [5.74, 6) is -0.574. The number of amides is 1. The van der Waals surface area contributed by atoms with Crippen molar-refractivity contribution in [2.75, 3.05) is 6.54 Å². The normalized spacial score (nSPS) is 21.4. The number of hydrogen-bond donors (Lipinski definition) is 2. The minimum Gasteiger partial charge on any atom is -0.444 e. The minimum atomic E-state index is -0.574. The molecule has 0 bridgehead atoms. The van der Waals surface area contributed by atoms with Crippen molar-refractivity contribution in [1.82, 2.24) is 20.2 Å². The molecule has 2 aromatic rings. The number of ether oxygens (including phenoxy) is 1. The Kier molecular flexibility index (Phi) is 6.07. The number of alkyl carbamates (subject to hydrolysis) is 1. The Balaban J connectivity index is 1.47. The summed E-state index contributed by atoms with van der Waals surface area (Å²) in [7, 11) is 0. The summed E-state index contributed by atoms with van der Waals surface area (Å²) in [6, 6.07) is 0.453. The second-order valence-corrected chi connectivity index (χ2v) is 9.83. The summed E-state index contributed by atoms with van der Waals surface area (Å²) in [6.45, 7) is 7.94. The molecule has 0 aromatic carbocycles. The molecule has 2 atom stereocenters. The molecule has 0 radical (unpaired) electrons. The molecular weight excluding hydrogens is 411 g/mol. The van der Waals surface area contributed by atoms with Gasteiger partial charge in [-0.25, -0.2) is 9.78 Å². The van der Waals surface area contributed by atoms with Crippen LogP contribution in [0.5, 0.6) is 0 Å². The van der Waals surface area contributed by atoms with Gasteiger partial charge < -0.3 is 19.9 Å². The SMILES string of the molecule is Cc1cn(C2CC2)c2c(C=CCC3CC(NC(=O)OC(C)(C)C)CN3)c(F)ncc2c1=O. The highest BCUT2D eigenvalue weighted by atomic mass is 19.1. The summed E-state index contributed by atoms with van der Waals surface area (Å²) < 4.78 is 22.0. The number of pyridine rings is 2. The summed E-state index contributed by atoms with van der Waals surface area (Å²) in [5.41, 5.74) is 0.983. The van der Waals surface area contributed by atoms with Crippen LogP contribution < -0.4 is 16.1 Å². The summed E-state index contributed by atoms with van der Waals surface area (Å²) in [6.07, 6.45) is 9.89. The Bertz CT molecular complexity index is 1110. The van der Waals surface area contributed by atoms with Gasteiger partial charge in [0.05, 0.1) is 16.5 Å². The van der Waals surface area contributed by atoms with Crippen molar-refractivity contribution in [2.45, 2.75) is 77.1 Å². The highest BCUT2D eigenvalue weighted by Crippen LogP contribution is 2.38. The number of carbonyl (C=O) groups excluding carboxylic acids is 1. The second kappa shape index (κ2) is 8.65. The fourth-order valence-electron chi connectivity index (χ4n) is 4.20. The van der Waals surface area contributed by atoms with E-state index in [9.17, 15) is 14.0 Å². The molecule has 2 aliphatic rings. The summed E-state index contributed by atoms with van der Waals surface area (Å²) >= 11 is 0.